The smallest absolute Gasteiger partial charge is 0.350 e. The van der Waals surface area contributed by atoms with Crippen molar-refractivity contribution in [2.24, 2.45) is 0 Å². The standard InChI is InChI=1S/C17H20ClNO4S3/c1-4-23-16(20)14-13(19)15(26(21,22)10(2)3)17(25-14)24-9-11-5-7-12(18)8-6-11/h5-8,10H,4,9,19H2,1-3H3. The van der Waals surface area contributed by atoms with Gasteiger partial charge < -0.3 is 10.5 Å². The van der Waals surface area contributed by atoms with Gasteiger partial charge in [-0.15, -0.1) is 23.1 Å². The molecule has 0 aliphatic carbocycles. The average Bonchev–Trinajstić information content (AvgIpc) is 2.91. The molecule has 0 unspecified atom stereocenters. The summed E-state index contributed by atoms with van der Waals surface area (Å²) in [6.45, 7) is 5.05. The van der Waals surface area contributed by atoms with Gasteiger partial charge >= 0.3 is 5.97 Å². The largest absolute Gasteiger partial charge is 0.462 e. The van der Waals surface area contributed by atoms with Gasteiger partial charge in [-0.05, 0) is 38.5 Å². The Morgan fingerprint density at radius 2 is 1.92 bits per heavy atom. The van der Waals surface area contributed by atoms with Gasteiger partial charge in [-0.3, -0.25) is 0 Å². The number of hydrogen-bond acceptors (Lipinski definition) is 7. The number of carbonyl (C=O) groups excluding carboxylic acids is 1. The fourth-order valence-electron chi connectivity index (χ4n) is 2.09. The minimum atomic E-state index is -3.64. The minimum Gasteiger partial charge on any atom is -0.462 e. The van der Waals surface area contributed by atoms with Crippen LogP contribution in [0.3, 0.4) is 0 Å². The van der Waals surface area contributed by atoms with Crippen LogP contribution >= 0.6 is 34.7 Å². The van der Waals surface area contributed by atoms with Crippen molar-refractivity contribution in [1.29, 1.82) is 0 Å². The normalized spacial score (nSPS) is 11.7. The fourth-order valence-corrected chi connectivity index (χ4v) is 6.52. The molecule has 1 heterocycles. The van der Waals surface area contributed by atoms with E-state index in [2.05, 4.69) is 0 Å². The van der Waals surface area contributed by atoms with Gasteiger partial charge in [0.15, 0.2) is 9.84 Å². The first-order chi connectivity index (χ1) is 12.2. The number of thioether (sulfide) groups is 1. The summed E-state index contributed by atoms with van der Waals surface area (Å²) >= 11 is 8.27. The number of rotatable bonds is 7. The molecule has 26 heavy (non-hydrogen) atoms. The van der Waals surface area contributed by atoms with E-state index >= 15 is 0 Å². The Labute approximate surface area is 166 Å². The molecule has 9 heteroatoms. The van der Waals surface area contributed by atoms with Crippen LogP contribution in [0.25, 0.3) is 0 Å². The van der Waals surface area contributed by atoms with Crippen molar-refractivity contribution in [3.63, 3.8) is 0 Å². The Morgan fingerprint density at radius 1 is 1.31 bits per heavy atom. The highest BCUT2D eigenvalue weighted by atomic mass is 35.5. The molecule has 0 saturated heterocycles. The Bertz CT molecular complexity index is 889. The van der Waals surface area contributed by atoms with E-state index in [0.29, 0.717) is 15.0 Å². The molecule has 0 aliphatic rings. The number of anilines is 1. The molecule has 0 atom stereocenters. The molecule has 2 N–H and O–H groups in total. The van der Waals surface area contributed by atoms with Crippen molar-refractivity contribution < 1.29 is 17.9 Å². The van der Waals surface area contributed by atoms with Gasteiger partial charge in [0.1, 0.15) is 9.77 Å². The summed E-state index contributed by atoms with van der Waals surface area (Å²) in [5, 5.41) is -0.0175. The van der Waals surface area contributed by atoms with E-state index < -0.39 is 21.1 Å². The third kappa shape index (κ3) is 4.54. The third-order valence-electron chi connectivity index (χ3n) is 3.52. The quantitative estimate of drug-likeness (QED) is 0.505. The molecular weight excluding hydrogens is 414 g/mol. The first-order valence-electron chi connectivity index (χ1n) is 7.89. The molecule has 5 nitrogen and oxygen atoms in total. The summed E-state index contributed by atoms with van der Waals surface area (Å²) in [6.07, 6.45) is 0. The maximum Gasteiger partial charge on any atom is 0.350 e. The lowest BCUT2D eigenvalue weighted by Crippen LogP contribution is -2.16. The van der Waals surface area contributed by atoms with Crippen molar-refractivity contribution in [3.8, 4) is 0 Å². The first kappa shape index (κ1) is 21.1. The van der Waals surface area contributed by atoms with Crippen molar-refractivity contribution in [2.45, 2.75) is 40.9 Å². The number of carbonyl (C=O) groups is 1. The predicted molar refractivity (Wildman–Crippen MR) is 108 cm³/mol. The van der Waals surface area contributed by atoms with E-state index in [-0.39, 0.29) is 22.1 Å². The van der Waals surface area contributed by atoms with Gasteiger partial charge in [0, 0.05) is 10.8 Å². The number of sulfone groups is 1. The van der Waals surface area contributed by atoms with Crippen molar-refractivity contribution in [2.75, 3.05) is 12.3 Å². The molecule has 0 radical (unpaired) electrons. The Morgan fingerprint density at radius 3 is 2.46 bits per heavy atom. The van der Waals surface area contributed by atoms with E-state index in [1.807, 2.05) is 12.1 Å². The van der Waals surface area contributed by atoms with Gasteiger partial charge in [-0.25, -0.2) is 13.2 Å². The summed E-state index contributed by atoms with van der Waals surface area (Å²) in [5.41, 5.74) is 7.00. The Hall–Kier alpha value is -1.22. The number of esters is 1. The summed E-state index contributed by atoms with van der Waals surface area (Å²) in [6, 6.07) is 7.29. The highest BCUT2D eigenvalue weighted by molar-refractivity contribution is 8.01. The molecule has 2 rings (SSSR count). The van der Waals surface area contributed by atoms with E-state index in [0.717, 1.165) is 16.9 Å². The van der Waals surface area contributed by atoms with Crippen LogP contribution in [0.4, 0.5) is 5.69 Å². The van der Waals surface area contributed by atoms with Crippen LogP contribution in [0.15, 0.2) is 33.4 Å². The number of ether oxygens (including phenoxy) is 1. The van der Waals surface area contributed by atoms with Gasteiger partial charge in [0.2, 0.25) is 0 Å². The minimum absolute atomic E-state index is 0.0271. The van der Waals surface area contributed by atoms with E-state index in [1.54, 1.807) is 32.9 Å². The molecule has 142 valence electrons. The first-order valence-corrected chi connectivity index (χ1v) is 11.6. The van der Waals surface area contributed by atoms with Crippen molar-refractivity contribution >= 4 is 56.2 Å². The molecule has 2 aromatic rings. The number of nitrogens with two attached hydrogens (primary N) is 1. The maximum atomic E-state index is 12.8. The highest BCUT2D eigenvalue weighted by Gasteiger charge is 2.32. The van der Waals surface area contributed by atoms with Crippen LogP contribution in [0, 0.1) is 0 Å². The van der Waals surface area contributed by atoms with Crippen molar-refractivity contribution in [1.82, 2.24) is 0 Å². The Balaban J connectivity index is 2.44. The molecule has 0 aliphatic heterocycles. The molecule has 0 bridgehead atoms. The van der Waals surface area contributed by atoms with Gasteiger partial charge in [0.05, 0.1) is 21.8 Å². The molecule has 1 aromatic carbocycles. The SMILES string of the molecule is CCOC(=O)c1sc(SCc2ccc(Cl)cc2)c(S(=O)(=O)C(C)C)c1N. The van der Waals surface area contributed by atoms with Gasteiger partial charge in [0.25, 0.3) is 0 Å². The Kier molecular flexibility index (Phi) is 7.01. The van der Waals surface area contributed by atoms with E-state index in [9.17, 15) is 13.2 Å². The number of thiophene rings is 1. The van der Waals surface area contributed by atoms with Gasteiger partial charge in [-0.1, -0.05) is 23.7 Å². The molecule has 0 amide bonds. The fraction of sp³-hybridized carbons (Fsp3) is 0.353. The number of halogens is 1. The predicted octanol–water partition coefficient (Wildman–Crippen LogP) is 4.63. The zero-order valence-electron chi connectivity index (χ0n) is 14.6. The molecule has 0 fully saturated rings. The summed E-state index contributed by atoms with van der Waals surface area (Å²) in [7, 11) is -3.64. The van der Waals surface area contributed by atoms with Crippen LogP contribution in [-0.4, -0.2) is 26.2 Å². The van der Waals surface area contributed by atoms with Crippen LogP contribution in [0.1, 0.15) is 36.0 Å². The van der Waals surface area contributed by atoms with E-state index in [4.69, 9.17) is 22.1 Å². The lowest BCUT2D eigenvalue weighted by Gasteiger charge is -2.10. The molecule has 0 saturated carbocycles. The highest BCUT2D eigenvalue weighted by Crippen LogP contribution is 2.44. The lowest BCUT2D eigenvalue weighted by atomic mass is 10.2. The third-order valence-corrected chi connectivity index (χ3v) is 8.79. The van der Waals surface area contributed by atoms with Crippen LogP contribution < -0.4 is 5.73 Å². The summed E-state index contributed by atoms with van der Waals surface area (Å²) < 4.78 is 31.0. The average molecular weight is 434 g/mol. The zero-order valence-corrected chi connectivity index (χ0v) is 17.8. The number of benzene rings is 1. The van der Waals surface area contributed by atoms with Crippen LogP contribution in [0.2, 0.25) is 5.02 Å². The number of nitrogen functional groups attached to an aromatic ring is 1. The van der Waals surface area contributed by atoms with Gasteiger partial charge in [-0.2, -0.15) is 0 Å². The topological polar surface area (TPSA) is 86.5 Å². The maximum absolute atomic E-state index is 12.8. The zero-order chi connectivity index (χ0) is 19.5. The van der Waals surface area contributed by atoms with Crippen LogP contribution in [-0.2, 0) is 20.3 Å². The molecule has 0 spiro atoms. The van der Waals surface area contributed by atoms with Crippen molar-refractivity contribution in [3.05, 3.63) is 39.7 Å². The molecule has 1 aromatic heterocycles. The summed E-state index contributed by atoms with van der Waals surface area (Å²) in [4.78, 5) is 12.3. The second-order valence-corrected chi connectivity index (χ2v) is 10.8. The lowest BCUT2D eigenvalue weighted by molar-refractivity contribution is 0.0533. The monoisotopic (exact) mass is 433 g/mol. The molecular formula is C17H20ClNO4S3. The summed E-state index contributed by atoms with van der Waals surface area (Å²) in [5.74, 6) is -0.0754. The second-order valence-electron chi connectivity index (χ2n) is 5.69. The van der Waals surface area contributed by atoms with E-state index in [1.165, 1.54) is 11.8 Å². The number of hydrogen-bond donors (Lipinski definition) is 1. The van der Waals surface area contributed by atoms with Crippen LogP contribution in [0.5, 0.6) is 0 Å². The second kappa shape index (κ2) is 8.65.